The molecular formula is C9H4BrF5N2O. The predicted octanol–water partition coefficient (Wildman–Crippen LogP) is 3.68. The number of halogens is 6. The fourth-order valence-electron chi connectivity index (χ4n) is 1.11. The van der Waals surface area contributed by atoms with Crippen molar-refractivity contribution in [3.8, 4) is 11.8 Å². The molecule has 9 heteroatoms. The van der Waals surface area contributed by atoms with Crippen molar-refractivity contribution in [3.63, 3.8) is 0 Å². The van der Waals surface area contributed by atoms with Gasteiger partial charge in [0.15, 0.2) is 5.75 Å². The van der Waals surface area contributed by atoms with Crippen molar-refractivity contribution in [2.45, 2.75) is 18.1 Å². The minimum atomic E-state index is -5.02. The highest BCUT2D eigenvalue weighted by molar-refractivity contribution is 9.08. The quantitative estimate of drug-likeness (QED) is 0.627. The summed E-state index contributed by atoms with van der Waals surface area (Å²) in [4.78, 5) is 3.40. The molecule has 0 aliphatic rings. The normalized spacial score (nSPS) is 11.4. The summed E-state index contributed by atoms with van der Waals surface area (Å²) in [5.74, 6) is -0.853. The van der Waals surface area contributed by atoms with E-state index >= 15 is 0 Å². The number of aromatic nitrogens is 1. The van der Waals surface area contributed by atoms with Gasteiger partial charge in [-0.05, 0) is 6.07 Å². The average molecular weight is 331 g/mol. The van der Waals surface area contributed by atoms with E-state index in [1.807, 2.05) is 0 Å². The zero-order valence-electron chi connectivity index (χ0n) is 8.43. The van der Waals surface area contributed by atoms with Crippen LogP contribution in [0.3, 0.4) is 0 Å². The minimum Gasteiger partial charge on any atom is -0.404 e. The number of rotatable bonds is 3. The molecule has 0 spiro atoms. The molecule has 0 radical (unpaired) electrons. The van der Waals surface area contributed by atoms with Gasteiger partial charge in [-0.25, -0.2) is 13.8 Å². The molecule has 0 fully saturated rings. The fraction of sp³-hybridized carbons (Fsp3) is 0.333. The summed E-state index contributed by atoms with van der Waals surface area (Å²) in [5.41, 5.74) is -1.82. The molecule has 0 aliphatic heterocycles. The molecule has 0 atom stereocenters. The van der Waals surface area contributed by atoms with Crippen LogP contribution >= 0.6 is 15.9 Å². The van der Waals surface area contributed by atoms with Crippen molar-refractivity contribution in [2.24, 2.45) is 0 Å². The lowest BCUT2D eigenvalue weighted by Crippen LogP contribution is -2.19. The summed E-state index contributed by atoms with van der Waals surface area (Å²) in [6.45, 7) is 0. The topological polar surface area (TPSA) is 45.9 Å². The highest BCUT2D eigenvalue weighted by Crippen LogP contribution is 2.32. The first-order valence-electron chi connectivity index (χ1n) is 4.32. The van der Waals surface area contributed by atoms with Crippen LogP contribution in [0.15, 0.2) is 6.07 Å². The maximum atomic E-state index is 12.5. The second-order valence-corrected chi connectivity index (χ2v) is 3.53. The fourth-order valence-corrected chi connectivity index (χ4v) is 1.51. The Kier molecular flexibility index (Phi) is 4.45. The first kappa shape index (κ1) is 14.6. The molecule has 98 valence electrons. The average Bonchev–Trinajstić information content (AvgIpc) is 2.26. The Balaban J connectivity index is 3.33. The molecule has 0 saturated carbocycles. The van der Waals surface area contributed by atoms with Crippen molar-refractivity contribution in [1.29, 1.82) is 5.26 Å². The van der Waals surface area contributed by atoms with E-state index in [0.717, 1.165) is 0 Å². The lowest BCUT2D eigenvalue weighted by Gasteiger charge is -2.13. The van der Waals surface area contributed by atoms with E-state index in [9.17, 15) is 22.0 Å². The van der Waals surface area contributed by atoms with E-state index in [4.69, 9.17) is 5.26 Å². The molecule has 1 aromatic rings. The number of hydrogen-bond donors (Lipinski definition) is 0. The van der Waals surface area contributed by atoms with Crippen LogP contribution in [0.5, 0.6) is 5.75 Å². The molecule has 0 aromatic carbocycles. The van der Waals surface area contributed by atoms with Gasteiger partial charge in [0.2, 0.25) is 0 Å². The van der Waals surface area contributed by atoms with Crippen molar-refractivity contribution >= 4 is 15.9 Å². The molecule has 0 unspecified atom stereocenters. The highest BCUT2D eigenvalue weighted by atomic mass is 79.9. The molecule has 1 aromatic heterocycles. The van der Waals surface area contributed by atoms with Gasteiger partial charge in [0.05, 0.1) is 11.3 Å². The van der Waals surface area contributed by atoms with E-state index in [-0.39, 0.29) is 11.0 Å². The Morgan fingerprint density at radius 2 is 2.06 bits per heavy atom. The minimum absolute atomic E-state index is 0.170. The van der Waals surface area contributed by atoms with Crippen LogP contribution in [0.4, 0.5) is 22.0 Å². The van der Waals surface area contributed by atoms with Gasteiger partial charge in [-0.2, -0.15) is 5.26 Å². The molecule has 0 amide bonds. The van der Waals surface area contributed by atoms with Crippen LogP contribution in [0.1, 0.15) is 23.4 Å². The van der Waals surface area contributed by atoms with Crippen LogP contribution in [0.25, 0.3) is 0 Å². The number of pyridine rings is 1. The molecule has 0 aliphatic carbocycles. The molecule has 0 N–H and O–H groups in total. The van der Waals surface area contributed by atoms with Gasteiger partial charge < -0.3 is 4.74 Å². The number of nitrogens with zero attached hydrogens (tertiary/aromatic N) is 2. The summed E-state index contributed by atoms with van der Waals surface area (Å²) in [6, 6.07) is 1.87. The Labute approximate surface area is 106 Å². The van der Waals surface area contributed by atoms with Gasteiger partial charge in [-0.1, -0.05) is 15.9 Å². The molecule has 18 heavy (non-hydrogen) atoms. The van der Waals surface area contributed by atoms with Gasteiger partial charge in [0.25, 0.3) is 6.43 Å². The first-order valence-corrected chi connectivity index (χ1v) is 5.44. The second kappa shape index (κ2) is 5.48. The van der Waals surface area contributed by atoms with Gasteiger partial charge in [0, 0.05) is 5.33 Å². The van der Waals surface area contributed by atoms with Crippen molar-refractivity contribution < 1.29 is 26.7 Å². The number of nitriles is 1. The SMILES string of the molecule is N#Cc1nc(CBr)c(OC(F)(F)F)cc1C(F)F. The van der Waals surface area contributed by atoms with E-state index < -0.39 is 29.8 Å². The molecule has 1 rings (SSSR count). The second-order valence-electron chi connectivity index (χ2n) is 2.96. The molecule has 3 nitrogen and oxygen atoms in total. The van der Waals surface area contributed by atoms with Crippen molar-refractivity contribution in [1.82, 2.24) is 4.98 Å². The van der Waals surface area contributed by atoms with Gasteiger partial charge in [-0.15, -0.1) is 13.2 Å². The molecule has 0 saturated heterocycles. The lowest BCUT2D eigenvalue weighted by atomic mass is 10.2. The number of hydrogen-bond acceptors (Lipinski definition) is 3. The van der Waals surface area contributed by atoms with Gasteiger partial charge in [0.1, 0.15) is 11.8 Å². The maximum Gasteiger partial charge on any atom is 0.573 e. The van der Waals surface area contributed by atoms with Crippen LogP contribution < -0.4 is 4.74 Å². The zero-order chi connectivity index (χ0) is 13.9. The van der Waals surface area contributed by atoms with Gasteiger partial charge in [-0.3, -0.25) is 0 Å². The van der Waals surface area contributed by atoms with Crippen LogP contribution in [-0.4, -0.2) is 11.3 Å². The third-order valence-electron chi connectivity index (χ3n) is 1.78. The van der Waals surface area contributed by atoms with Crippen LogP contribution in [0.2, 0.25) is 0 Å². The third kappa shape index (κ3) is 3.53. The number of ether oxygens (including phenoxy) is 1. The molecule has 0 bridgehead atoms. The summed E-state index contributed by atoms with van der Waals surface area (Å²) < 4.78 is 64.8. The molecule has 1 heterocycles. The van der Waals surface area contributed by atoms with E-state index in [1.165, 1.54) is 6.07 Å². The Morgan fingerprint density at radius 3 is 2.44 bits per heavy atom. The summed E-state index contributed by atoms with van der Waals surface area (Å²) >= 11 is 2.83. The number of alkyl halides is 6. The van der Waals surface area contributed by atoms with E-state index in [2.05, 4.69) is 25.7 Å². The monoisotopic (exact) mass is 330 g/mol. The Hall–Kier alpha value is -1.43. The van der Waals surface area contributed by atoms with Crippen molar-refractivity contribution in [3.05, 3.63) is 23.0 Å². The first-order chi connectivity index (χ1) is 8.28. The summed E-state index contributed by atoms with van der Waals surface area (Å²) in [5, 5.41) is 8.42. The van der Waals surface area contributed by atoms with Crippen molar-refractivity contribution in [2.75, 3.05) is 0 Å². The lowest BCUT2D eigenvalue weighted by molar-refractivity contribution is -0.275. The van der Waals surface area contributed by atoms with Crippen LogP contribution in [-0.2, 0) is 5.33 Å². The van der Waals surface area contributed by atoms with Gasteiger partial charge >= 0.3 is 6.36 Å². The zero-order valence-corrected chi connectivity index (χ0v) is 10.0. The maximum absolute atomic E-state index is 12.5. The molecular weight excluding hydrogens is 327 g/mol. The Morgan fingerprint density at radius 1 is 1.44 bits per heavy atom. The predicted molar refractivity (Wildman–Crippen MR) is 53.2 cm³/mol. The largest absolute Gasteiger partial charge is 0.573 e. The summed E-state index contributed by atoms with van der Waals surface area (Å²) in [6.07, 6.45) is -8.14. The van der Waals surface area contributed by atoms with Crippen LogP contribution in [0, 0.1) is 11.3 Å². The third-order valence-corrected chi connectivity index (χ3v) is 2.32. The highest BCUT2D eigenvalue weighted by Gasteiger charge is 2.33. The van der Waals surface area contributed by atoms with E-state index in [1.54, 1.807) is 0 Å². The standard InChI is InChI=1S/C9H4BrF5N2O/c10-2-5-7(18-9(13,14)15)1-4(8(11)12)6(3-16)17-5/h1,8H,2H2. The Bertz CT molecular complexity index is 483. The summed E-state index contributed by atoms with van der Waals surface area (Å²) in [7, 11) is 0. The smallest absolute Gasteiger partial charge is 0.404 e. The van der Waals surface area contributed by atoms with E-state index in [0.29, 0.717) is 6.07 Å².